The smallest absolute Gasteiger partial charge is 0.275 e. The fourth-order valence-electron chi connectivity index (χ4n) is 3.89. The summed E-state index contributed by atoms with van der Waals surface area (Å²) in [5.74, 6) is -0.297. The molecule has 0 spiro atoms. The van der Waals surface area contributed by atoms with Crippen molar-refractivity contribution in [1.82, 2.24) is 14.7 Å². The Morgan fingerprint density at radius 2 is 1.92 bits per heavy atom. The maximum Gasteiger partial charge on any atom is 0.275 e. The molecule has 0 bridgehead atoms. The van der Waals surface area contributed by atoms with Crippen LogP contribution in [0.25, 0.3) is 5.69 Å². The number of halogens is 1. The molecule has 6 heteroatoms. The normalized spacial score (nSPS) is 23.0. The van der Waals surface area contributed by atoms with Crippen molar-refractivity contribution >= 4 is 5.91 Å². The van der Waals surface area contributed by atoms with E-state index in [1.807, 2.05) is 23.4 Å². The zero-order valence-corrected chi connectivity index (χ0v) is 15.2. The number of benzene rings is 1. The summed E-state index contributed by atoms with van der Waals surface area (Å²) in [6, 6.07) is 6.32. The predicted octanol–water partition coefficient (Wildman–Crippen LogP) is 3.14. The van der Waals surface area contributed by atoms with Crippen LogP contribution in [-0.2, 0) is 17.6 Å². The SMILES string of the molecule is CC1CN(C(=O)c2nn(-c3ccc(F)cc3)c3c2CCCC3)C(C)CO1. The second-order valence-corrected chi connectivity index (χ2v) is 7.32. The standard InChI is InChI=1S/C20H24FN3O2/c1-13-12-26-14(2)11-23(13)20(25)19-17-5-3-4-6-18(17)24(22-19)16-9-7-15(21)8-10-16/h7-10,13-14H,3-6,11-12H2,1-2H3. The summed E-state index contributed by atoms with van der Waals surface area (Å²) >= 11 is 0. The van der Waals surface area contributed by atoms with E-state index in [0.717, 1.165) is 42.6 Å². The Labute approximate surface area is 152 Å². The van der Waals surface area contributed by atoms with Gasteiger partial charge in [-0.2, -0.15) is 5.10 Å². The minimum absolute atomic E-state index is 0.0216. The van der Waals surface area contributed by atoms with E-state index in [9.17, 15) is 9.18 Å². The topological polar surface area (TPSA) is 47.4 Å². The molecule has 1 amide bonds. The average Bonchev–Trinajstić information content (AvgIpc) is 3.03. The van der Waals surface area contributed by atoms with Crippen molar-refractivity contribution in [2.75, 3.05) is 13.2 Å². The van der Waals surface area contributed by atoms with Crippen LogP contribution >= 0.6 is 0 Å². The number of ether oxygens (including phenoxy) is 1. The van der Waals surface area contributed by atoms with E-state index in [1.54, 1.807) is 12.1 Å². The molecule has 2 aromatic rings. The van der Waals surface area contributed by atoms with Crippen LogP contribution in [0.15, 0.2) is 24.3 Å². The third-order valence-electron chi connectivity index (χ3n) is 5.32. The van der Waals surface area contributed by atoms with Crippen molar-refractivity contribution < 1.29 is 13.9 Å². The highest BCUT2D eigenvalue weighted by Crippen LogP contribution is 2.28. The summed E-state index contributed by atoms with van der Waals surface area (Å²) in [5, 5.41) is 4.69. The van der Waals surface area contributed by atoms with Crippen LogP contribution in [0.4, 0.5) is 4.39 Å². The second kappa shape index (κ2) is 6.83. The predicted molar refractivity (Wildman–Crippen MR) is 96.1 cm³/mol. The number of carbonyl (C=O) groups is 1. The molecule has 2 unspecified atom stereocenters. The highest BCUT2D eigenvalue weighted by molar-refractivity contribution is 5.94. The van der Waals surface area contributed by atoms with Crippen molar-refractivity contribution in [1.29, 1.82) is 0 Å². The quantitative estimate of drug-likeness (QED) is 0.830. The van der Waals surface area contributed by atoms with Crippen LogP contribution in [0.1, 0.15) is 48.4 Å². The van der Waals surface area contributed by atoms with Crippen molar-refractivity contribution in [2.24, 2.45) is 0 Å². The zero-order chi connectivity index (χ0) is 18.3. The highest BCUT2D eigenvalue weighted by Gasteiger charge is 2.33. The molecule has 2 atom stereocenters. The van der Waals surface area contributed by atoms with Gasteiger partial charge in [0.2, 0.25) is 0 Å². The molecule has 1 saturated heterocycles. The summed E-state index contributed by atoms with van der Waals surface area (Å²) in [6.07, 6.45) is 3.94. The molecule has 1 aromatic carbocycles. The van der Waals surface area contributed by atoms with E-state index in [0.29, 0.717) is 18.8 Å². The molecule has 1 aliphatic heterocycles. The first-order valence-electron chi connectivity index (χ1n) is 9.34. The maximum atomic E-state index is 13.3. The van der Waals surface area contributed by atoms with Gasteiger partial charge in [-0.3, -0.25) is 4.79 Å². The third-order valence-corrected chi connectivity index (χ3v) is 5.32. The van der Waals surface area contributed by atoms with Gasteiger partial charge in [0.1, 0.15) is 5.82 Å². The van der Waals surface area contributed by atoms with Crippen molar-refractivity contribution in [3.63, 3.8) is 0 Å². The largest absolute Gasteiger partial charge is 0.375 e. The lowest BCUT2D eigenvalue weighted by Crippen LogP contribution is -2.50. The Bertz CT molecular complexity index is 815. The first-order valence-corrected chi connectivity index (χ1v) is 9.34. The highest BCUT2D eigenvalue weighted by atomic mass is 19.1. The lowest BCUT2D eigenvalue weighted by Gasteiger charge is -2.36. The molecule has 26 heavy (non-hydrogen) atoms. The number of nitrogens with zero attached hydrogens (tertiary/aromatic N) is 3. The minimum atomic E-state index is -0.276. The Morgan fingerprint density at radius 3 is 2.69 bits per heavy atom. The lowest BCUT2D eigenvalue weighted by molar-refractivity contribution is -0.0389. The van der Waals surface area contributed by atoms with Gasteiger partial charge >= 0.3 is 0 Å². The second-order valence-electron chi connectivity index (χ2n) is 7.32. The van der Waals surface area contributed by atoms with Gasteiger partial charge in [-0.25, -0.2) is 9.07 Å². The van der Waals surface area contributed by atoms with Crippen molar-refractivity contribution in [3.8, 4) is 5.69 Å². The Morgan fingerprint density at radius 1 is 1.19 bits per heavy atom. The number of hydrogen-bond acceptors (Lipinski definition) is 3. The van der Waals surface area contributed by atoms with E-state index in [2.05, 4.69) is 5.10 Å². The molecule has 0 saturated carbocycles. The Hall–Kier alpha value is -2.21. The summed E-state index contributed by atoms with van der Waals surface area (Å²) in [5.41, 5.74) is 3.48. The number of fused-ring (bicyclic) bond motifs is 1. The summed E-state index contributed by atoms with van der Waals surface area (Å²) in [6.45, 7) is 5.12. The summed E-state index contributed by atoms with van der Waals surface area (Å²) in [7, 11) is 0. The molecule has 1 fully saturated rings. The molecule has 2 aliphatic rings. The fourth-order valence-corrected chi connectivity index (χ4v) is 3.89. The molecular formula is C20H24FN3O2. The van der Waals surface area contributed by atoms with Gasteiger partial charge in [0.25, 0.3) is 5.91 Å². The molecule has 2 heterocycles. The molecular weight excluding hydrogens is 333 g/mol. The van der Waals surface area contributed by atoms with Gasteiger partial charge in [-0.15, -0.1) is 0 Å². The Kier molecular flexibility index (Phi) is 4.53. The maximum absolute atomic E-state index is 13.3. The first-order chi connectivity index (χ1) is 12.5. The number of carbonyl (C=O) groups excluding carboxylic acids is 1. The van der Waals surface area contributed by atoms with Crippen LogP contribution in [0.3, 0.4) is 0 Å². The van der Waals surface area contributed by atoms with E-state index < -0.39 is 0 Å². The average molecular weight is 357 g/mol. The molecule has 1 aromatic heterocycles. The molecule has 4 rings (SSSR count). The van der Waals surface area contributed by atoms with Gasteiger partial charge in [0, 0.05) is 17.8 Å². The summed E-state index contributed by atoms with van der Waals surface area (Å²) < 4.78 is 20.8. The number of amides is 1. The van der Waals surface area contributed by atoms with E-state index in [4.69, 9.17) is 4.74 Å². The molecule has 1 aliphatic carbocycles. The summed E-state index contributed by atoms with van der Waals surface area (Å²) in [4.78, 5) is 15.1. The zero-order valence-electron chi connectivity index (χ0n) is 15.2. The first kappa shape index (κ1) is 17.2. The molecule has 0 N–H and O–H groups in total. The lowest BCUT2D eigenvalue weighted by atomic mass is 9.95. The number of aromatic nitrogens is 2. The van der Waals surface area contributed by atoms with Crippen LogP contribution in [0.2, 0.25) is 0 Å². The van der Waals surface area contributed by atoms with Crippen LogP contribution in [0, 0.1) is 5.82 Å². The van der Waals surface area contributed by atoms with Gasteiger partial charge in [-0.1, -0.05) is 0 Å². The molecule has 0 radical (unpaired) electrons. The van der Waals surface area contributed by atoms with Crippen LogP contribution < -0.4 is 0 Å². The van der Waals surface area contributed by atoms with Gasteiger partial charge in [0.15, 0.2) is 5.69 Å². The Balaban J connectivity index is 1.74. The van der Waals surface area contributed by atoms with Crippen LogP contribution in [0.5, 0.6) is 0 Å². The van der Waals surface area contributed by atoms with Crippen molar-refractivity contribution in [2.45, 2.75) is 51.7 Å². The van der Waals surface area contributed by atoms with Crippen LogP contribution in [-0.4, -0.2) is 45.9 Å². The minimum Gasteiger partial charge on any atom is -0.375 e. The monoisotopic (exact) mass is 357 g/mol. The molecule has 5 nitrogen and oxygen atoms in total. The van der Waals surface area contributed by atoms with Gasteiger partial charge < -0.3 is 9.64 Å². The van der Waals surface area contributed by atoms with E-state index >= 15 is 0 Å². The van der Waals surface area contributed by atoms with Gasteiger partial charge in [-0.05, 0) is 63.8 Å². The number of hydrogen-bond donors (Lipinski definition) is 0. The third kappa shape index (κ3) is 3.03. The molecule has 138 valence electrons. The fraction of sp³-hybridized carbons (Fsp3) is 0.500. The van der Waals surface area contributed by atoms with E-state index in [1.165, 1.54) is 12.1 Å². The van der Waals surface area contributed by atoms with E-state index in [-0.39, 0.29) is 23.9 Å². The van der Waals surface area contributed by atoms with Crippen molar-refractivity contribution in [3.05, 3.63) is 47.0 Å². The number of rotatable bonds is 2. The number of morpholine rings is 1. The van der Waals surface area contributed by atoms with Gasteiger partial charge in [0.05, 0.1) is 24.4 Å².